The van der Waals surface area contributed by atoms with Gasteiger partial charge in [0.15, 0.2) is 0 Å². The van der Waals surface area contributed by atoms with Crippen LogP contribution in [0.5, 0.6) is 0 Å². The third-order valence-corrected chi connectivity index (χ3v) is 4.58. The van der Waals surface area contributed by atoms with E-state index in [2.05, 4.69) is 19.2 Å². The Balaban J connectivity index is 1.74. The lowest BCUT2D eigenvalue weighted by atomic mass is 9.79. The largest absolute Gasteiger partial charge is 0.378 e. The minimum absolute atomic E-state index is 0.529. The first-order valence-corrected chi connectivity index (χ1v) is 7.57. The lowest BCUT2D eigenvalue weighted by molar-refractivity contribution is 0.0854. The van der Waals surface area contributed by atoms with Gasteiger partial charge in [-0.1, -0.05) is 13.8 Å². The maximum Gasteiger partial charge on any atom is 0.0576 e. The van der Waals surface area contributed by atoms with Crippen molar-refractivity contribution in [3.8, 4) is 0 Å². The first-order valence-electron chi connectivity index (χ1n) is 7.57. The smallest absolute Gasteiger partial charge is 0.0576 e. The summed E-state index contributed by atoms with van der Waals surface area (Å²) in [6.45, 7) is 8.11. The van der Waals surface area contributed by atoms with Crippen molar-refractivity contribution in [2.45, 2.75) is 64.9 Å². The van der Waals surface area contributed by atoms with E-state index < -0.39 is 0 Å². The van der Waals surface area contributed by atoms with Gasteiger partial charge in [0, 0.05) is 13.2 Å². The van der Waals surface area contributed by atoms with Gasteiger partial charge in [0.25, 0.3) is 0 Å². The molecule has 0 aromatic rings. The highest BCUT2D eigenvalue weighted by Gasteiger charge is 2.41. The third kappa shape index (κ3) is 3.96. The molecule has 1 N–H and O–H groups in total. The van der Waals surface area contributed by atoms with Crippen LogP contribution in [0.1, 0.15) is 58.8 Å². The Labute approximate surface area is 107 Å². The topological polar surface area (TPSA) is 21.3 Å². The Bertz CT molecular complexity index is 221. The fourth-order valence-electron chi connectivity index (χ4n) is 3.13. The van der Waals surface area contributed by atoms with Crippen molar-refractivity contribution in [3.63, 3.8) is 0 Å². The zero-order chi connectivity index (χ0) is 12.1. The number of ether oxygens (including phenoxy) is 1. The third-order valence-electron chi connectivity index (χ3n) is 4.58. The van der Waals surface area contributed by atoms with E-state index in [9.17, 15) is 0 Å². The summed E-state index contributed by atoms with van der Waals surface area (Å²) in [4.78, 5) is 0. The van der Waals surface area contributed by atoms with E-state index in [0.717, 1.165) is 12.5 Å². The van der Waals surface area contributed by atoms with E-state index >= 15 is 0 Å². The normalized spacial score (nSPS) is 28.2. The van der Waals surface area contributed by atoms with Crippen LogP contribution in [0, 0.1) is 11.3 Å². The molecule has 100 valence electrons. The summed E-state index contributed by atoms with van der Waals surface area (Å²) in [5.74, 6) is 0.980. The summed E-state index contributed by atoms with van der Waals surface area (Å²) in [6, 6.07) is 0. The molecule has 0 aromatic carbocycles. The average Bonchev–Trinajstić information content (AvgIpc) is 3.06. The first-order chi connectivity index (χ1) is 8.24. The molecule has 0 amide bonds. The molecule has 2 fully saturated rings. The summed E-state index contributed by atoms with van der Waals surface area (Å²) in [5.41, 5.74) is 0.529. The van der Waals surface area contributed by atoms with Crippen LogP contribution in [0.25, 0.3) is 0 Å². The number of hydrogen-bond acceptors (Lipinski definition) is 2. The predicted octanol–water partition coefficient (Wildman–Crippen LogP) is 3.36. The molecule has 1 aliphatic heterocycles. The molecular formula is C15H29NO. The second-order valence-electron chi connectivity index (χ2n) is 6.28. The van der Waals surface area contributed by atoms with Crippen LogP contribution in [-0.2, 0) is 4.74 Å². The van der Waals surface area contributed by atoms with Crippen LogP contribution in [0.2, 0.25) is 0 Å². The van der Waals surface area contributed by atoms with E-state index in [0.29, 0.717) is 11.5 Å². The van der Waals surface area contributed by atoms with Crippen LogP contribution in [0.3, 0.4) is 0 Å². The summed E-state index contributed by atoms with van der Waals surface area (Å²) in [5, 5.41) is 3.63. The molecule has 2 unspecified atom stereocenters. The van der Waals surface area contributed by atoms with E-state index in [4.69, 9.17) is 4.74 Å². The molecule has 0 spiro atoms. The van der Waals surface area contributed by atoms with E-state index in [1.165, 1.54) is 58.0 Å². The zero-order valence-corrected chi connectivity index (χ0v) is 11.6. The van der Waals surface area contributed by atoms with Crippen molar-refractivity contribution >= 4 is 0 Å². The molecule has 2 nitrogen and oxygen atoms in total. The molecule has 1 aliphatic carbocycles. The van der Waals surface area contributed by atoms with Crippen molar-refractivity contribution in [1.82, 2.24) is 5.32 Å². The summed E-state index contributed by atoms with van der Waals surface area (Å²) < 4.78 is 5.75. The van der Waals surface area contributed by atoms with Crippen molar-refractivity contribution in [1.29, 1.82) is 0 Å². The Morgan fingerprint density at radius 2 is 2.12 bits per heavy atom. The van der Waals surface area contributed by atoms with Gasteiger partial charge in [0.2, 0.25) is 0 Å². The van der Waals surface area contributed by atoms with Gasteiger partial charge in [-0.3, -0.25) is 0 Å². The van der Waals surface area contributed by atoms with Crippen LogP contribution in [0.4, 0.5) is 0 Å². The summed E-state index contributed by atoms with van der Waals surface area (Å²) in [7, 11) is 0. The van der Waals surface area contributed by atoms with E-state index in [-0.39, 0.29) is 0 Å². The molecule has 1 saturated heterocycles. The second-order valence-corrected chi connectivity index (χ2v) is 6.28. The molecule has 1 saturated carbocycles. The maximum atomic E-state index is 5.75. The molecule has 2 heteroatoms. The Morgan fingerprint density at radius 3 is 2.71 bits per heavy atom. The van der Waals surface area contributed by atoms with Crippen molar-refractivity contribution < 1.29 is 4.74 Å². The molecule has 2 aliphatic rings. The fraction of sp³-hybridized carbons (Fsp3) is 1.00. The predicted molar refractivity (Wildman–Crippen MR) is 72.2 cm³/mol. The zero-order valence-electron chi connectivity index (χ0n) is 11.6. The van der Waals surface area contributed by atoms with E-state index in [1.807, 2.05) is 0 Å². The second kappa shape index (κ2) is 6.19. The van der Waals surface area contributed by atoms with Crippen molar-refractivity contribution in [2.24, 2.45) is 11.3 Å². The molecular weight excluding hydrogens is 210 g/mol. The average molecular weight is 239 g/mol. The van der Waals surface area contributed by atoms with Crippen molar-refractivity contribution in [2.75, 3.05) is 19.7 Å². The minimum Gasteiger partial charge on any atom is -0.378 e. The monoisotopic (exact) mass is 239 g/mol. The molecule has 17 heavy (non-hydrogen) atoms. The van der Waals surface area contributed by atoms with Crippen LogP contribution in [-0.4, -0.2) is 25.8 Å². The van der Waals surface area contributed by atoms with Gasteiger partial charge >= 0.3 is 0 Å². The van der Waals surface area contributed by atoms with Gasteiger partial charge < -0.3 is 10.1 Å². The molecule has 0 radical (unpaired) electrons. The van der Waals surface area contributed by atoms with Crippen LogP contribution < -0.4 is 5.32 Å². The van der Waals surface area contributed by atoms with Crippen molar-refractivity contribution in [3.05, 3.63) is 0 Å². The molecule has 0 aromatic heterocycles. The lowest BCUT2D eigenvalue weighted by Gasteiger charge is -2.31. The Kier molecular flexibility index (Phi) is 4.87. The highest BCUT2D eigenvalue weighted by atomic mass is 16.5. The van der Waals surface area contributed by atoms with Gasteiger partial charge in [-0.15, -0.1) is 0 Å². The fourth-order valence-corrected chi connectivity index (χ4v) is 3.13. The SMILES string of the molecule is CCCNCC(C)(CCC1CCCO1)C1CC1. The maximum absolute atomic E-state index is 5.75. The van der Waals surface area contributed by atoms with Gasteiger partial charge in [-0.2, -0.15) is 0 Å². The van der Waals surface area contributed by atoms with Gasteiger partial charge in [0.1, 0.15) is 0 Å². The highest BCUT2D eigenvalue weighted by molar-refractivity contribution is 4.93. The quantitative estimate of drug-likeness (QED) is 0.656. The molecule has 0 bridgehead atoms. The first kappa shape index (κ1) is 13.4. The molecule has 1 heterocycles. The number of rotatable bonds is 8. The molecule has 2 atom stereocenters. The lowest BCUT2D eigenvalue weighted by Crippen LogP contribution is -2.35. The standard InChI is InChI=1S/C15H29NO/c1-3-10-16-12-15(2,13-6-7-13)9-8-14-5-4-11-17-14/h13-14,16H,3-12H2,1-2H3. The highest BCUT2D eigenvalue weighted by Crippen LogP contribution is 2.48. The van der Waals surface area contributed by atoms with Gasteiger partial charge in [0.05, 0.1) is 6.10 Å². The van der Waals surface area contributed by atoms with Gasteiger partial charge in [-0.25, -0.2) is 0 Å². The van der Waals surface area contributed by atoms with Crippen LogP contribution >= 0.6 is 0 Å². The summed E-state index contributed by atoms with van der Waals surface area (Å²) >= 11 is 0. The number of hydrogen-bond donors (Lipinski definition) is 1. The Morgan fingerprint density at radius 1 is 1.29 bits per heavy atom. The Hall–Kier alpha value is -0.0800. The number of nitrogens with one attached hydrogen (secondary N) is 1. The minimum atomic E-state index is 0.529. The molecule has 2 rings (SSSR count). The van der Waals surface area contributed by atoms with E-state index in [1.54, 1.807) is 0 Å². The van der Waals surface area contributed by atoms with Gasteiger partial charge in [-0.05, 0) is 62.8 Å². The van der Waals surface area contributed by atoms with Crippen LogP contribution in [0.15, 0.2) is 0 Å². The summed E-state index contributed by atoms with van der Waals surface area (Å²) in [6.07, 6.45) is 9.92.